The van der Waals surface area contributed by atoms with Crippen LogP contribution in [0.4, 0.5) is 0 Å². The third-order valence-corrected chi connectivity index (χ3v) is 11.5. The fourth-order valence-electron chi connectivity index (χ4n) is 9.74. The number of Topliss-reactive ketones (excluding diaryl/α,β-unsaturated/α-hetero) is 1. The molecule has 4 saturated carbocycles. The topological polar surface area (TPSA) is 82.1 Å². The van der Waals surface area contributed by atoms with Crippen molar-refractivity contribution in [1.82, 2.24) is 0 Å². The summed E-state index contributed by atoms with van der Waals surface area (Å²) in [5.74, 6) is 2.88. The zero-order valence-corrected chi connectivity index (χ0v) is 24.1. The SMILES string of the molecule is COCOC[C@]12CCCC[C@]1(O)C(=O)C[C@H]1[C@@H]3CC[C@H](C(C)CCCC(C)COC(C)=O)[C@@]3(C)CC[C@@H]12. The van der Waals surface area contributed by atoms with Gasteiger partial charge in [-0.2, -0.15) is 0 Å². The van der Waals surface area contributed by atoms with Crippen LogP contribution in [0, 0.1) is 46.3 Å². The molecule has 0 amide bonds. The van der Waals surface area contributed by atoms with Crippen molar-refractivity contribution in [3.05, 3.63) is 0 Å². The van der Waals surface area contributed by atoms with E-state index in [0.717, 1.165) is 32.1 Å². The molecule has 0 aromatic heterocycles. The van der Waals surface area contributed by atoms with E-state index in [2.05, 4.69) is 20.8 Å². The highest BCUT2D eigenvalue weighted by Gasteiger charge is 2.68. The van der Waals surface area contributed by atoms with Crippen molar-refractivity contribution in [3.63, 3.8) is 0 Å². The highest BCUT2D eigenvalue weighted by molar-refractivity contribution is 5.89. The first-order valence-corrected chi connectivity index (χ1v) is 15.0. The van der Waals surface area contributed by atoms with Crippen molar-refractivity contribution in [3.8, 4) is 0 Å². The van der Waals surface area contributed by atoms with Crippen LogP contribution in [0.25, 0.3) is 0 Å². The number of carbonyl (C=O) groups is 2. The number of ether oxygens (including phenoxy) is 3. The Morgan fingerprint density at radius 3 is 2.57 bits per heavy atom. The number of ketones is 1. The van der Waals surface area contributed by atoms with Gasteiger partial charge < -0.3 is 19.3 Å². The zero-order chi connectivity index (χ0) is 26.8. The molecule has 212 valence electrons. The van der Waals surface area contributed by atoms with Crippen molar-refractivity contribution in [2.75, 3.05) is 27.1 Å². The van der Waals surface area contributed by atoms with Crippen molar-refractivity contribution in [1.29, 1.82) is 0 Å². The number of fused-ring (bicyclic) bond motifs is 5. The Morgan fingerprint density at radius 1 is 1.08 bits per heavy atom. The first-order valence-electron chi connectivity index (χ1n) is 15.0. The van der Waals surface area contributed by atoms with Gasteiger partial charge in [0, 0.05) is 25.9 Å². The molecule has 37 heavy (non-hydrogen) atoms. The van der Waals surface area contributed by atoms with Crippen LogP contribution in [0.5, 0.6) is 0 Å². The van der Waals surface area contributed by atoms with E-state index in [4.69, 9.17) is 14.2 Å². The predicted octanol–water partition coefficient (Wildman–Crippen LogP) is 5.94. The van der Waals surface area contributed by atoms with Gasteiger partial charge in [-0.1, -0.05) is 46.5 Å². The van der Waals surface area contributed by atoms with E-state index in [1.54, 1.807) is 7.11 Å². The lowest BCUT2D eigenvalue weighted by Gasteiger charge is -2.63. The third kappa shape index (κ3) is 5.28. The summed E-state index contributed by atoms with van der Waals surface area (Å²) in [5, 5.41) is 11.9. The predicted molar refractivity (Wildman–Crippen MR) is 143 cm³/mol. The second kappa shape index (κ2) is 11.6. The Hall–Kier alpha value is -0.980. The van der Waals surface area contributed by atoms with Gasteiger partial charge in [-0.3, -0.25) is 9.59 Å². The van der Waals surface area contributed by atoms with E-state index >= 15 is 0 Å². The Kier molecular flexibility index (Phi) is 9.12. The van der Waals surface area contributed by atoms with Crippen LogP contribution < -0.4 is 0 Å². The molecule has 9 atom stereocenters. The van der Waals surface area contributed by atoms with Gasteiger partial charge >= 0.3 is 5.97 Å². The minimum absolute atomic E-state index is 0.0805. The van der Waals surface area contributed by atoms with Gasteiger partial charge in [-0.15, -0.1) is 0 Å². The number of hydrogen-bond acceptors (Lipinski definition) is 6. The smallest absolute Gasteiger partial charge is 0.302 e. The quantitative estimate of drug-likeness (QED) is 0.206. The number of carbonyl (C=O) groups excluding carboxylic acids is 2. The van der Waals surface area contributed by atoms with E-state index in [1.165, 1.54) is 39.0 Å². The van der Waals surface area contributed by atoms with Crippen molar-refractivity contribution in [2.45, 2.75) is 110 Å². The van der Waals surface area contributed by atoms with E-state index in [1.807, 2.05) is 0 Å². The molecule has 0 aromatic carbocycles. The summed E-state index contributed by atoms with van der Waals surface area (Å²) in [6, 6.07) is 0. The molecular weight excluding hydrogens is 468 g/mol. The molecule has 4 rings (SSSR count). The average molecular weight is 521 g/mol. The van der Waals surface area contributed by atoms with Crippen LogP contribution in [0.3, 0.4) is 0 Å². The molecule has 4 aliphatic carbocycles. The molecule has 6 heteroatoms. The van der Waals surface area contributed by atoms with Gasteiger partial charge in [-0.25, -0.2) is 0 Å². The van der Waals surface area contributed by atoms with Gasteiger partial charge in [0.1, 0.15) is 12.4 Å². The molecule has 0 aliphatic heterocycles. The fourth-order valence-corrected chi connectivity index (χ4v) is 9.74. The number of esters is 1. The lowest BCUT2D eigenvalue weighted by atomic mass is 9.42. The molecule has 2 unspecified atom stereocenters. The minimum Gasteiger partial charge on any atom is -0.466 e. The molecule has 0 bridgehead atoms. The lowest BCUT2D eigenvalue weighted by Crippen LogP contribution is -2.68. The van der Waals surface area contributed by atoms with Crippen LogP contribution in [-0.2, 0) is 23.8 Å². The summed E-state index contributed by atoms with van der Waals surface area (Å²) < 4.78 is 16.4. The summed E-state index contributed by atoms with van der Waals surface area (Å²) in [7, 11) is 1.63. The molecule has 4 aliphatic rings. The number of rotatable bonds is 11. The van der Waals surface area contributed by atoms with E-state index < -0.39 is 11.0 Å². The molecular formula is C31H52O6. The standard InChI is InChI=1S/C31H52O6/c1-21(18-37-23(3)32)9-8-10-22(2)25-11-12-26-24-17-28(33)31(34)15-7-6-14-30(31,19-36-20-35-5)27(24)13-16-29(25,26)4/h21-22,24-27,34H,6-20H2,1-5H3/t21?,22?,24-,25+,26-,27-,29+,30-,31-/m0/s1. The van der Waals surface area contributed by atoms with Crippen LogP contribution in [0.15, 0.2) is 0 Å². The summed E-state index contributed by atoms with van der Waals surface area (Å²) in [4.78, 5) is 24.8. The third-order valence-electron chi connectivity index (χ3n) is 11.5. The summed E-state index contributed by atoms with van der Waals surface area (Å²) in [6.45, 7) is 9.76. The lowest BCUT2D eigenvalue weighted by molar-refractivity contribution is -0.230. The summed E-state index contributed by atoms with van der Waals surface area (Å²) in [6.07, 6.45) is 12.2. The summed E-state index contributed by atoms with van der Waals surface area (Å²) in [5.41, 5.74) is -1.43. The van der Waals surface area contributed by atoms with Crippen LogP contribution >= 0.6 is 0 Å². The second-order valence-corrected chi connectivity index (χ2v) is 13.5. The first-order chi connectivity index (χ1) is 17.6. The maximum atomic E-state index is 13.7. The van der Waals surface area contributed by atoms with Gasteiger partial charge in [0.25, 0.3) is 0 Å². The highest BCUT2D eigenvalue weighted by atomic mass is 16.7. The number of aliphatic hydroxyl groups is 1. The minimum atomic E-state index is -1.23. The summed E-state index contributed by atoms with van der Waals surface area (Å²) >= 11 is 0. The maximum absolute atomic E-state index is 13.7. The molecule has 0 saturated heterocycles. The maximum Gasteiger partial charge on any atom is 0.302 e. The Balaban J connectivity index is 1.46. The highest BCUT2D eigenvalue weighted by Crippen LogP contribution is 2.68. The van der Waals surface area contributed by atoms with Crippen LogP contribution in [-0.4, -0.2) is 49.6 Å². The largest absolute Gasteiger partial charge is 0.466 e. The van der Waals surface area contributed by atoms with Crippen LogP contribution in [0.2, 0.25) is 0 Å². The normalized spacial score (nSPS) is 40.9. The molecule has 0 spiro atoms. The zero-order valence-electron chi connectivity index (χ0n) is 24.1. The Labute approximate surface area is 224 Å². The van der Waals surface area contributed by atoms with Gasteiger partial charge in [0.05, 0.1) is 13.2 Å². The molecule has 1 N–H and O–H groups in total. The first kappa shape index (κ1) is 29.0. The average Bonchev–Trinajstić information content (AvgIpc) is 3.21. The Bertz CT molecular complexity index is 814. The van der Waals surface area contributed by atoms with Crippen molar-refractivity contribution < 1.29 is 28.9 Å². The number of methoxy groups -OCH3 is 1. The molecule has 0 heterocycles. The molecule has 4 fully saturated rings. The van der Waals surface area contributed by atoms with Gasteiger partial charge in [-0.05, 0) is 85.9 Å². The van der Waals surface area contributed by atoms with E-state index in [9.17, 15) is 14.7 Å². The second-order valence-electron chi connectivity index (χ2n) is 13.5. The van der Waals surface area contributed by atoms with E-state index in [0.29, 0.717) is 61.6 Å². The van der Waals surface area contributed by atoms with Crippen molar-refractivity contribution >= 4 is 11.8 Å². The van der Waals surface area contributed by atoms with Gasteiger partial charge in [0.15, 0.2) is 5.78 Å². The molecule has 6 nitrogen and oxygen atoms in total. The van der Waals surface area contributed by atoms with E-state index in [-0.39, 0.29) is 24.0 Å². The molecule has 0 radical (unpaired) electrons. The van der Waals surface area contributed by atoms with Crippen molar-refractivity contribution in [2.24, 2.45) is 46.3 Å². The van der Waals surface area contributed by atoms with Gasteiger partial charge in [0.2, 0.25) is 0 Å². The van der Waals surface area contributed by atoms with Crippen LogP contribution in [0.1, 0.15) is 105 Å². The monoisotopic (exact) mass is 520 g/mol. The molecule has 0 aromatic rings. The number of hydrogen-bond donors (Lipinski definition) is 1. The Morgan fingerprint density at radius 2 is 1.84 bits per heavy atom. The fraction of sp³-hybridized carbons (Fsp3) is 0.935.